The molecule has 5 heteroatoms. The number of benzene rings is 2. The lowest BCUT2D eigenvalue weighted by Crippen LogP contribution is -2.27. The third-order valence-electron chi connectivity index (χ3n) is 3.60. The van der Waals surface area contributed by atoms with Gasteiger partial charge in [-0.25, -0.2) is 0 Å². The van der Waals surface area contributed by atoms with Crippen LogP contribution in [-0.2, 0) is 0 Å². The largest absolute Gasteiger partial charge is 0.496 e. The summed E-state index contributed by atoms with van der Waals surface area (Å²) >= 11 is 0. The van der Waals surface area contributed by atoms with Crippen molar-refractivity contribution in [1.82, 2.24) is 5.32 Å². The minimum absolute atomic E-state index is 0.213. The van der Waals surface area contributed by atoms with E-state index in [0.717, 1.165) is 11.3 Å². The van der Waals surface area contributed by atoms with Crippen LogP contribution in [0, 0.1) is 0 Å². The lowest BCUT2D eigenvalue weighted by atomic mass is 10.1. The molecule has 0 aliphatic carbocycles. The number of amides is 1. The molecule has 0 aromatic heterocycles. The van der Waals surface area contributed by atoms with Crippen molar-refractivity contribution in [3.63, 3.8) is 0 Å². The van der Waals surface area contributed by atoms with Crippen LogP contribution in [0.25, 0.3) is 0 Å². The predicted octanol–water partition coefficient (Wildman–Crippen LogP) is 3.20. The summed E-state index contributed by atoms with van der Waals surface area (Å²) < 4.78 is 15.9. The molecule has 23 heavy (non-hydrogen) atoms. The first-order valence-corrected chi connectivity index (χ1v) is 7.27. The Bertz CT molecular complexity index is 684. The van der Waals surface area contributed by atoms with Gasteiger partial charge in [0.2, 0.25) is 0 Å². The van der Waals surface area contributed by atoms with Crippen molar-refractivity contribution in [3.8, 4) is 17.2 Å². The summed E-state index contributed by atoms with van der Waals surface area (Å²) in [6.45, 7) is 1.91. The number of nitrogens with one attached hydrogen (secondary N) is 1. The van der Waals surface area contributed by atoms with Gasteiger partial charge in [-0.05, 0) is 25.1 Å². The molecule has 0 heterocycles. The normalized spacial score (nSPS) is 11.5. The monoisotopic (exact) mass is 315 g/mol. The number of hydrogen-bond acceptors (Lipinski definition) is 4. The van der Waals surface area contributed by atoms with Gasteiger partial charge in [0, 0.05) is 5.56 Å². The molecule has 2 aromatic rings. The average Bonchev–Trinajstić information content (AvgIpc) is 2.60. The van der Waals surface area contributed by atoms with E-state index in [1.54, 1.807) is 25.3 Å². The number of hydrogen-bond donors (Lipinski definition) is 1. The van der Waals surface area contributed by atoms with Gasteiger partial charge < -0.3 is 19.5 Å². The second kappa shape index (κ2) is 7.54. The molecule has 2 rings (SSSR count). The first-order valence-electron chi connectivity index (χ1n) is 7.27. The average molecular weight is 315 g/mol. The number of ether oxygens (including phenoxy) is 3. The van der Waals surface area contributed by atoms with E-state index in [4.69, 9.17) is 14.2 Å². The summed E-state index contributed by atoms with van der Waals surface area (Å²) in [4.78, 5) is 12.6. The first kappa shape index (κ1) is 16.7. The molecule has 0 fully saturated rings. The maximum Gasteiger partial charge on any atom is 0.255 e. The fourth-order valence-electron chi connectivity index (χ4n) is 2.44. The van der Waals surface area contributed by atoms with Gasteiger partial charge >= 0.3 is 0 Å². The minimum atomic E-state index is -0.237. The van der Waals surface area contributed by atoms with E-state index in [9.17, 15) is 4.79 Å². The highest BCUT2D eigenvalue weighted by atomic mass is 16.5. The van der Waals surface area contributed by atoms with E-state index in [-0.39, 0.29) is 11.9 Å². The van der Waals surface area contributed by atoms with Crippen LogP contribution in [-0.4, -0.2) is 27.2 Å². The molecule has 1 N–H and O–H groups in total. The van der Waals surface area contributed by atoms with Crippen molar-refractivity contribution in [2.24, 2.45) is 0 Å². The highest BCUT2D eigenvalue weighted by molar-refractivity contribution is 5.98. The van der Waals surface area contributed by atoms with Crippen LogP contribution in [0.2, 0.25) is 0 Å². The number of carbonyl (C=O) groups is 1. The fraction of sp³-hybridized carbons (Fsp3) is 0.278. The van der Waals surface area contributed by atoms with E-state index in [1.807, 2.05) is 31.2 Å². The van der Waals surface area contributed by atoms with Gasteiger partial charge in [-0.15, -0.1) is 0 Å². The molecule has 122 valence electrons. The third kappa shape index (κ3) is 3.56. The summed E-state index contributed by atoms with van der Waals surface area (Å²) in [5.74, 6) is 1.43. The molecule has 0 spiro atoms. The van der Waals surface area contributed by atoms with Crippen LogP contribution >= 0.6 is 0 Å². The van der Waals surface area contributed by atoms with E-state index in [1.165, 1.54) is 14.2 Å². The van der Waals surface area contributed by atoms with Gasteiger partial charge in [-0.2, -0.15) is 0 Å². The van der Waals surface area contributed by atoms with Crippen LogP contribution in [0.5, 0.6) is 17.2 Å². The van der Waals surface area contributed by atoms with Crippen LogP contribution in [0.1, 0.15) is 28.9 Å². The zero-order chi connectivity index (χ0) is 16.8. The Balaban J connectivity index is 2.25. The highest BCUT2D eigenvalue weighted by Crippen LogP contribution is 2.31. The second-order valence-corrected chi connectivity index (χ2v) is 4.98. The molecular weight excluding hydrogens is 294 g/mol. The molecular formula is C18H21NO4. The fourth-order valence-corrected chi connectivity index (χ4v) is 2.44. The van der Waals surface area contributed by atoms with Gasteiger partial charge in [-0.3, -0.25) is 4.79 Å². The van der Waals surface area contributed by atoms with Crippen LogP contribution in [0.15, 0.2) is 42.5 Å². The molecule has 1 unspecified atom stereocenters. The van der Waals surface area contributed by atoms with Crippen molar-refractivity contribution in [1.29, 1.82) is 0 Å². The Kier molecular flexibility index (Phi) is 5.46. The number of rotatable bonds is 6. The summed E-state index contributed by atoms with van der Waals surface area (Å²) in [5.41, 5.74) is 1.33. The van der Waals surface area contributed by atoms with Crippen molar-refractivity contribution in [2.45, 2.75) is 13.0 Å². The maximum atomic E-state index is 12.6. The first-order chi connectivity index (χ1) is 11.1. The summed E-state index contributed by atoms with van der Waals surface area (Å²) in [6, 6.07) is 12.6. The summed E-state index contributed by atoms with van der Waals surface area (Å²) in [7, 11) is 4.66. The Morgan fingerprint density at radius 1 is 0.913 bits per heavy atom. The number of carbonyl (C=O) groups excluding carboxylic acids is 1. The SMILES string of the molecule is COc1ccccc1C(C)NC(=O)c1cccc(OC)c1OC. The zero-order valence-corrected chi connectivity index (χ0v) is 13.8. The highest BCUT2D eigenvalue weighted by Gasteiger charge is 2.19. The van der Waals surface area contributed by atoms with E-state index >= 15 is 0 Å². The van der Waals surface area contributed by atoms with Gasteiger partial charge in [-0.1, -0.05) is 24.3 Å². The third-order valence-corrected chi connectivity index (χ3v) is 3.60. The molecule has 0 aliphatic rings. The second-order valence-electron chi connectivity index (χ2n) is 4.98. The van der Waals surface area contributed by atoms with Crippen molar-refractivity contribution < 1.29 is 19.0 Å². The Morgan fingerprint density at radius 3 is 2.22 bits per heavy atom. The lowest BCUT2D eigenvalue weighted by molar-refractivity contribution is 0.0936. The lowest BCUT2D eigenvalue weighted by Gasteiger charge is -2.18. The van der Waals surface area contributed by atoms with Gasteiger partial charge in [0.25, 0.3) is 5.91 Å². The minimum Gasteiger partial charge on any atom is -0.496 e. The van der Waals surface area contributed by atoms with Gasteiger partial charge in [0.05, 0.1) is 32.9 Å². The smallest absolute Gasteiger partial charge is 0.255 e. The zero-order valence-electron chi connectivity index (χ0n) is 13.8. The van der Waals surface area contributed by atoms with Crippen LogP contribution < -0.4 is 19.5 Å². The maximum absolute atomic E-state index is 12.6. The molecule has 0 radical (unpaired) electrons. The quantitative estimate of drug-likeness (QED) is 0.889. The molecule has 2 aromatic carbocycles. The predicted molar refractivity (Wildman–Crippen MR) is 88.4 cm³/mol. The molecule has 5 nitrogen and oxygen atoms in total. The Labute approximate surface area is 136 Å². The Hall–Kier alpha value is -2.69. The van der Waals surface area contributed by atoms with Gasteiger partial charge in [0.15, 0.2) is 11.5 Å². The summed E-state index contributed by atoms with van der Waals surface area (Å²) in [6.07, 6.45) is 0. The van der Waals surface area contributed by atoms with E-state index in [0.29, 0.717) is 17.1 Å². The molecule has 0 saturated heterocycles. The molecule has 0 bridgehead atoms. The van der Waals surface area contributed by atoms with E-state index < -0.39 is 0 Å². The van der Waals surface area contributed by atoms with Crippen molar-refractivity contribution in [2.75, 3.05) is 21.3 Å². The van der Waals surface area contributed by atoms with Gasteiger partial charge in [0.1, 0.15) is 5.75 Å². The van der Waals surface area contributed by atoms with Crippen molar-refractivity contribution in [3.05, 3.63) is 53.6 Å². The molecule has 0 saturated carbocycles. The van der Waals surface area contributed by atoms with Crippen molar-refractivity contribution >= 4 is 5.91 Å². The number of methoxy groups -OCH3 is 3. The Morgan fingerprint density at radius 2 is 1.57 bits per heavy atom. The van der Waals surface area contributed by atoms with Crippen LogP contribution in [0.3, 0.4) is 0 Å². The molecule has 1 amide bonds. The topological polar surface area (TPSA) is 56.8 Å². The summed E-state index contributed by atoms with van der Waals surface area (Å²) in [5, 5.41) is 2.96. The standard InChI is InChI=1S/C18H21NO4/c1-12(13-8-5-6-10-15(13)21-2)19-18(20)14-9-7-11-16(22-3)17(14)23-4/h5-12H,1-4H3,(H,19,20). The van der Waals surface area contributed by atoms with Crippen LogP contribution in [0.4, 0.5) is 0 Å². The number of para-hydroxylation sites is 2. The molecule has 0 aliphatic heterocycles. The molecule has 1 atom stereocenters. The van der Waals surface area contributed by atoms with E-state index in [2.05, 4.69) is 5.32 Å².